The van der Waals surface area contributed by atoms with Crippen molar-refractivity contribution >= 4 is 5.91 Å². The van der Waals surface area contributed by atoms with Crippen LogP contribution in [0.2, 0.25) is 0 Å². The van der Waals surface area contributed by atoms with Crippen molar-refractivity contribution in [2.75, 3.05) is 6.54 Å². The molecule has 1 aliphatic heterocycles. The molecule has 0 radical (unpaired) electrons. The third-order valence-electron chi connectivity index (χ3n) is 3.96. The zero-order chi connectivity index (χ0) is 13.0. The molecule has 0 spiro atoms. The number of amides is 1. The Kier molecular flexibility index (Phi) is 5.44. The van der Waals surface area contributed by atoms with Gasteiger partial charge in [-0.25, -0.2) is 0 Å². The molecular weight excluding hydrogens is 212 g/mol. The second kappa shape index (κ2) is 6.39. The van der Waals surface area contributed by atoms with E-state index in [4.69, 9.17) is 0 Å². The molecule has 0 saturated carbocycles. The minimum Gasteiger partial charge on any atom is -0.326 e. The summed E-state index contributed by atoms with van der Waals surface area (Å²) in [6.45, 7) is 11.7. The summed E-state index contributed by atoms with van der Waals surface area (Å²) in [7, 11) is 0. The molecule has 1 heterocycles. The van der Waals surface area contributed by atoms with Gasteiger partial charge in [-0.1, -0.05) is 47.5 Å². The van der Waals surface area contributed by atoms with E-state index in [1.54, 1.807) is 0 Å². The van der Waals surface area contributed by atoms with Gasteiger partial charge in [-0.15, -0.1) is 0 Å². The molecule has 0 bridgehead atoms. The van der Waals surface area contributed by atoms with E-state index in [9.17, 15) is 4.79 Å². The Hall–Kier alpha value is -0.570. The second-order valence-corrected chi connectivity index (χ2v) is 5.49. The molecule has 1 aliphatic rings. The van der Waals surface area contributed by atoms with Crippen LogP contribution in [0.4, 0.5) is 0 Å². The quantitative estimate of drug-likeness (QED) is 0.774. The van der Waals surface area contributed by atoms with Crippen molar-refractivity contribution in [1.29, 1.82) is 0 Å². The molecular formula is C14H28N2O. The van der Waals surface area contributed by atoms with Crippen molar-refractivity contribution in [3.63, 3.8) is 0 Å². The molecule has 2 unspecified atom stereocenters. The average Bonchev–Trinajstić information content (AvgIpc) is 2.63. The summed E-state index contributed by atoms with van der Waals surface area (Å²) in [6, 6.07) is 0.0225. The van der Waals surface area contributed by atoms with Crippen LogP contribution >= 0.6 is 0 Å². The minimum absolute atomic E-state index is 0.0225. The van der Waals surface area contributed by atoms with Crippen LogP contribution in [0, 0.1) is 11.8 Å². The Bertz CT molecular complexity index is 249. The lowest BCUT2D eigenvalue weighted by atomic mass is 10.0. The molecule has 100 valence electrons. The van der Waals surface area contributed by atoms with Gasteiger partial charge in [0.15, 0.2) is 0 Å². The molecule has 0 aliphatic carbocycles. The number of nitrogens with one attached hydrogen (secondary N) is 1. The van der Waals surface area contributed by atoms with Crippen molar-refractivity contribution in [3.8, 4) is 0 Å². The van der Waals surface area contributed by atoms with E-state index in [1.807, 2.05) is 0 Å². The van der Waals surface area contributed by atoms with Gasteiger partial charge in [0, 0.05) is 6.54 Å². The first-order chi connectivity index (χ1) is 8.04. The Morgan fingerprint density at radius 2 is 1.82 bits per heavy atom. The maximum absolute atomic E-state index is 12.3. The van der Waals surface area contributed by atoms with Crippen LogP contribution in [0.3, 0.4) is 0 Å². The van der Waals surface area contributed by atoms with Crippen LogP contribution < -0.4 is 5.32 Å². The highest BCUT2D eigenvalue weighted by molar-refractivity contribution is 5.84. The summed E-state index contributed by atoms with van der Waals surface area (Å²) < 4.78 is 0. The first-order valence-electron chi connectivity index (χ1n) is 7.11. The van der Waals surface area contributed by atoms with E-state index < -0.39 is 0 Å². The lowest BCUT2D eigenvalue weighted by Gasteiger charge is -2.27. The molecule has 0 aromatic carbocycles. The SMILES string of the molecule is CCC(CC)CN1C(=O)C(C(C)C)NC1CC. The molecule has 1 rings (SSSR count). The number of carbonyl (C=O) groups excluding carboxylic acids is 1. The topological polar surface area (TPSA) is 32.3 Å². The molecule has 1 fully saturated rings. The summed E-state index contributed by atoms with van der Waals surface area (Å²) in [6.07, 6.45) is 3.55. The summed E-state index contributed by atoms with van der Waals surface area (Å²) in [5.74, 6) is 1.32. The summed E-state index contributed by atoms with van der Waals surface area (Å²) in [5.41, 5.74) is 0. The molecule has 1 N–H and O–H groups in total. The maximum atomic E-state index is 12.3. The normalized spacial score (nSPS) is 25.4. The van der Waals surface area contributed by atoms with Crippen molar-refractivity contribution in [2.24, 2.45) is 11.8 Å². The zero-order valence-electron chi connectivity index (χ0n) is 12.0. The Labute approximate surface area is 106 Å². The molecule has 1 amide bonds. The third-order valence-corrected chi connectivity index (χ3v) is 3.96. The summed E-state index contributed by atoms with van der Waals surface area (Å²) >= 11 is 0. The van der Waals surface area contributed by atoms with E-state index in [0.29, 0.717) is 17.7 Å². The first-order valence-corrected chi connectivity index (χ1v) is 7.11. The molecule has 3 nitrogen and oxygen atoms in total. The number of hydrogen-bond donors (Lipinski definition) is 1. The van der Waals surface area contributed by atoms with Gasteiger partial charge in [0.05, 0.1) is 12.2 Å². The lowest BCUT2D eigenvalue weighted by Crippen LogP contribution is -2.39. The number of hydrogen-bond acceptors (Lipinski definition) is 2. The lowest BCUT2D eigenvalue weighted by molar-refractivity contribution is -0.131. The van der Waals surface area contributed by atoms with Crippen molar-refractivity contribution < 1.29 is 4.79 Å². The fourth-order valence-corrected chi connectivity index (χ4v) is 2.56. The Morgan fingerprint density at radius 1 is 1.24 bits per heavy atom. The number of nitrogens with zero attached hydrogens (tertiary/aromatic N) is 1. The van der Waals surface area contributed by atoms with Crippen LogP contribution in [0.5, 0.6) is 0 Å². The standard InChI is InChI=1S/C14H28N2O/c1-6-11(7-2)9-16-12(8-3)15-13(10(4)5)14(16)17/h10-13,15H,6-9H2,1-5H3. The largest absolute Gasteiger partial charge is 0.326 e. The first kappa shape index (κ1) is 14.5. The van der Waals surface area contributed by atoms with Gasteiger partial charge in [0.1, 0.15) is 0 Å². The summed E-state index contributed by atoms with van der Waals surface area (Å²) in [4.78, 5) is 14.4. The smallest absolute Gasteiger partial charge is 0.241 e. The van der Waals surface area contributed by atoms with Gasteiger partial charge < -0.3 is 4.90 Å². The van der Waals surface area contributed by atoms with Crippen LogP contribution in [0.25, 0.3) is 0 Å². The van der Waals surface area contributed by atoms with Crippen molar-refractivity contribution in [1.82, 2.24) is 10.2 Å². The fraction of sp³-hybridized carbons (Fsp3) is 0.929. The van der Waals surface area contributed by atoms with Crippen LogP contribution in [-0.2, 0) is 4.79 Å². The predicted octanol–water partition coefficient (Wildman–Crippen LogP) is 2.62. The highest BCUT2D eigenvalue weighted by atomic mass is 16.2. The van der Waals surface area contributed by atoms with E-state index >= 15 is 0 Å². The molecule has 17 heavy (non-hydrogen) atoms. The van der Waals surface area contributed by atoms with Crippen molar-refractivity contribution in [2.45, 2.75) is 66.1 Å². The molecule has 3 heteroatoms. The Morgan fingerprint density at radius 3 is 2.24 bits per heavy atom. The van der Waals surface area contributed by atoms with E-state index in [1.165, 1.54) is 0 Å². The third kappa shape index (κ3) is 3.21. The zero-order valence-corrected chi connectivity index (χ0v) is 12.0. The van der Waals surface area contributed by atoms with Gasteiger partial charge >= 0.3 is 0 Å². The molecule has 0 aromatic rings. The number of carbonyl (C=O) groups is 1. The highest BCUT2D eigenvalue weighted by Crippen LogP contribution is 2.21. The number of rotatable bonds is 6. The van der Waals surface area contributed by atoms with E-state index in [0.717, 1.165) is 25.8 Å². The van der Waals surface area contributed by atoms with Gasteiger partial charge in [0.25, 0.3) is 0 Å². The second-order valence-electron chi connectivity index (χ2n) is 5.49. The van der Waals surface area contributed by atoms with Gasteiger partial charge in [-0.2, -0.15) is 0 Å². The van der Waals surface area contributed by atoms with Gasteiger partial charge in [-0.05, 0) is 18.3 Å². The molecule has 2 atom stereocenters. The average molecular weight is 240 g/mol. The fourth-order valence-electron chi connectivity index (χ4n) is 2.56. The minimum atomic E-state index is 0.0225. The van der Waals surface area contributed by atoms with Crippen LogP contribution in [0.1, 0.15) is 53.9 Å². The summed E-state index contributed by atoms with van der Waals surface area (Å²) in [5, 5.41) is 3.47. The predicted molar refractivity (Wildman–Crippen MR) is 71.6 cm³/mol. The van der Waals surface area contributed by atoms with Gasteiger partial charge in [0.2, 0.25) is 5.91 Å². The van der Waals surface area contributed by atoms with Crippen LogP contribution in [-0.4, -0.2) is 29.6 Å². The van der Waals surface area contributed by atoms with E-state index in [2.05, 4.69) is 44.8 Å². The monoisotopic (exact) mass is 240 g/mol. The van der Waals surface area contributed by atoms with Gasteiger partial charge in [-0.3, -0.25) is 10.1 Å². The Balaban J connectivity index is 2.71. The van der Waals surface area contributed by atoms with Crippen LogP contribution in [0.15, 0.2) is 0 Å². The van der Waals surface area contributed by atoms with Crippen molar-refractivity contribution in [3.05, 3.63) is 0 Å². The molecule has 1 saturated heterocycles. The highest BCUT2D eigenvalue weighted by Gasteiger charge is 2.39. The maximum Gasteiger partial charge on any atom is 0.241 e. The van der Waals surface area contributed by atoms with E-state index in [-0.39, 0.29) is 12.2 Å². The molecule has 0 aromatic heterocycles.